The highest BCUT2D eigenvalue weighted by Gasteiger charge is 2.28. The molecule has 0 bridgehead atoms. The Morgan fingerprint density at radius 3 is 2.52 bits per heavy atom. The van der Waals surface area contributed by atoms with Crippen LogP contribution in [-0.2, 0) is 4.79 Å². The molecule has 0 saturated heterocycles. The van der Waals surface area contributed by atoms with Crippen LogP contribution < -0.4 is 16.0 Å². The van der Waals surface area contributed by atoms with E-state index in [9.17, 15) is 22.8 Å². The second-order valence-corrected chi connectivity index (χ2v) is 5.39. The summed E-state index contributed by atoms with van der Waals surface area (Å²) in [7, 11) is 0. The van der Waals surface area contributed by atoms with E-state index in [0.717, 1.165) is 4.88 Å². The summed E-state index contributed by atoms with van der Waals surface area (Å²) in [5.41, 5.74) is 0. The number of carbonyl (C=O) groups is 2. The predicted octanol–water partition coefficient (Wildman–Crippen LogP) is 2.18. The molecule has 3 N–H and O–H groups in total. The van der Waals surface area contributed by atoms with Gasteiger partial charge in [-0.05, 0) is 25.3 Å². The lowest BCUT2D eigenvalue weighted by atomic mass is 10.2. The van der Waals surface area contributed by atoms with E-state index in [1.54, 1.807) is 5.32 Å². The number of thiophene rings is 1. The molecule has 1 aromatic heterocycles. The van der Waals surface area contributed by atoms with E-state index in [4.69, 9.17) is 0 Å². The number of rotatable bonds is 5. The van der Waals surface area contributed by atoms with Crippen molar-refractivity contribution in [2.45, 2.75) is 32.1 Å². The van der Waals surface area contributed by atoms with Crippen LogP contribution in [0.5, 0.6) is 0 Å². The molecule has 0 saturated carbocycles. The standard InChI is InChI=1S/C12H16F3N3O2S/c1-7(9-4-3-5-21-9)17-8(2)10(19)18-11(20)16-6-12(13,14)15/h3-5,7-8,17H,6H2,1-2H3,(H2,16,18,19,20)/t7-,8-/m0/s1. The minimum atomic E-state index is -4.52. The fourth-order valence-electron chi connectivity index (χ4n) is 1.52. The van der Waals surface area contributed by atoms with Gasteiger partial charge in [0.15, 0.2) is 0 Å². The summed E-state index contributed by atoms with van der Waals surface area (Å²) in [5, 5.41) is 8.27. The number of halogens is 3. The molecule has 1 heterocycles. The van der Waals surface area contributed by atoms with Crippen molar-refractivity contribution in [2.24, 2.45) is 0 Å². The lowest BCUT2D eigenvalue weighted by molar-refractivity contribution is -0.125. The van der Waals surface area contributed by atoms with Crippen molar-refractivity contribution in [1.82, 2.24) is 16.0 Å². The van der Waals surface area contributed by atoms with Crippen molar-refractivity contribution in [2.75, 3.05) is 6.54 Å². The monoisotopic (exact) mass is 323 g/mol. The third-order valence-corrected chi connectivity index (χ3v) is 3.60. The minimum absolute atomic E-state index is 0.107. The number of alkyl halides is 3. The Balaban J connectivity index is 2.39. The number of hydrogen-bond acceptors (Lipinski definition) is 4. The van der Waals surface area contributed by atoms with Gasteiger partial charge < -0.3 is 5.32 Å². The van der Waals surface area contributed by atoms with Crippen molar-refractivity contribution in [3.05, 3.63) is 22.4 Å². The molecule has 0 aliphatic rings. The number of imide groups is 1. The third-order valence-electron chi connectivity index (χ3n) is 2.55. The molecule has 0 aliphatic heterocycles. The van der Waals surface area contributed by atoms with Crippen LogP contribution >= 0.6 is 11.3 Å². The summed E-state index contributed by atoms with van der Waals surface area (Å²) in [5.74, 6) is -0.696. The summed E-state index contributed by atoms with van der Waals surface area (Å²) in [6, 6.07) is 1.76. The fourth-order valence-corrected chi connectivity index (χ4v) is 2.26. The second kappa shape index (κ2) is 7.41. The van der Waals surface area contributed by atoms with Gasteiger partial charge in [-0.15, -0.1) is 11.3 Å². The Labute approximate surface area is 123 Å². The van der Waals surface area contributed by atoms with Crippen LogP contribution in [-0.4, -0.2) is 30.7 Å². The molecule has 0 aliphatic carbocycles. The zero-order chi connectivity index (χ0) is 16.0. The van der Waals surface area contributed by atoms with Gasteiger partial charge in [0.25, 0.3) is 0 Å². The Bertz CT molecular complexity index is 477. The molecule has 0 aromatic carbocycles. The molecule has 1 rings (SSSR count). The molecule has 0 unspecified atom stereocenters. The van der Waals surface area contributed by atoms with Crippen molar-refractivity contribution in [3.8, 4) is 0 Å². The lowest BCUT2D eigenvalue weighted by Crippen LogP contribution is -2.49. The van der Waals surface area contributed by atoms with E-state index in [2.05, 4.69) is 5.32 Å². The molecule has 0 fully saturated rings. The smallest absolute Gasteiger partial charge is 0.329 e. The SMILES string of the molecule is C[C@H](N[C@@H](C)c1cccs1)C(=O)NC(=O)NCC(F)(F)F. The summed E-state index contributed by atoms with van der Waals surface area (Å²) < 4.78 is 35.7. The van der Waals surface area contributed by atoms with Gasteiger partial charge in [-0.25, -0.2) is 4.79 Å². The normalized spacial score (nSPS) is 14.3. The zero-order valence-electron chi connectivity index (χ0n) is 11.5. The van der Waals surface area contributed by atoms with E-state index in [0.29, 0.717) is 0 Å². The van der Waals surface area contributed by atoms with Crippen LogP contribution in [0.25, 0.3) is 0 Å². The van der Waals surface area contributed by atoms with Crippen LogP contribution in [0, 0.1) is 0 Å². The van der Waals surface area contributed by atoms with E-state index < -0.39 is 30.7 Å². The minimum Gasteiger partial charge on any atom is -0.329 e. The Morgan fingerprint density at radius 1 is 1.33 bits per heavy atom. The second-order valence-electron chi connectivity index (χ2n) is 4.41. The van der Waals surface area contributed by atoms with Gasteiger partial charge in [0.1, 0.15) is 6.54 Å². The maximum atomic E-state index is 11.9. The highest BCUT2D eigenvalue weighted by atomic mass is 32.1. The maximum absolute atomic E-state index is 11.9. The molecular weight excluding hydrogens is 307 g/mol. The molecule has 5 nitrogen and oxygen atoms in total. The first-order valence-electron chi connectivity index (χ1n) is 6.14. The number of urea groups is 1. The number of nitrogens with one attached hydrogen (secondary N) is 3. The first-order valence-corrected chi connectivity index (χ1v) is 7.02. The average molecular weight is 323 g/mol. The van der Waals surface area contributed by atoms with E-state index in [-0.39, 0.29) is 6.04 Å². The molecule has 3 amide bonds. The first kappa shape index (κ1) is 17.4. The molecule has 1 aromatic rings. The summed E-state index contributed by atoms with van der Waals surface area (Å²) in [4.78, 5) is 23.8. The van der Waals surface area contributed by atoms with Gasteiger partial charge >= 0.3 is 12.2 Å². The summed E-state index contributed by atoms with van der Waals surface area (Å²) in [6.07, 6.45) is -4.52. The first-order chi connectivity index (χ1) is 9.69. The summed E-state index contributed by atoms with van der Waals surface area (Å²) >= 11 is 1.51. The Hall–Kier alpha value is -1.61. The average Bonchev–Trinajstić information content (AvgIpc) is 2.89. The highest BCUT2D eigenvalue weighted by molar-refractivity contribution is 7.10. The van der Waals surface area contributed by atoms with Crippen LogP contribution in [0.1, 0.15) is 24.8 Å². The molecule has 0 spiro atoms. The van der Waals surface area contributed by atoms with Crippen LogP contribution in [0.4, 0.5) is 18.0 Å². The quantitative estimate of drug-likeness (QED) is 0.778. The third kappa shape index (κ3) is 6.58. The number of carbonyl (C=O) groups excluding carboxylic acids is 2. The van der Waals surface area contributed by atoms with E-state index >= 15 is 0 Å². The van der Waals surface area contributed by atoms with Gasteiger partial charge in [-0.1, -0.05) is 6.07 Å². The van der Waals surface area contributed by atoms with Gasteiger partial charge in [-0.3, -0.25) is 15.4 Å². The molecular formula is C12H16F3N3O2S. The van der Waals surface area contributed by atoms with Crippen LogP contribution in [0.15, 0.2) is 17.5 Å². The number of amides is 3. The molecule has 9 heteroatoms. The predicted molar refractivity (Wildman–Crippen MR) is 72.9 cm³/mol. The van der Waals surface area contributed by atoms with Crippen molar-refractivity contribution in [3.63, 3.8) is 0 Å². The van der Waals surface area contributed by atoms with E-state index in [1.165, 1.54) is 18.3 Å². The lowest BCUT2D eigenvalue weighted by Gasteiger charge is -2.18. The van der Waals surface area contributed by atoms with Crippen LogP contribution in [0.2, 0.25) is 0 Å². The van der Waals surface area contributed by atoms with Gasteiger partial charge in [-0.2, -0.15) is 13.2 Å². The molecule has 2 atom stereocenters. The summed E-state index contributed by atoms with van der Waals surface area (Å²) in [6.45, 7) is 1.88. The van der Waals surface area contributed by atoms with Crippen molar-refractivity contribution in [1.29, 1.82) is 0 Å². The maximum Gasteiger partial charge on any atom is 0.405 e. The van der Waals surface area contributed by atoms with Gasteiger partial charge in [0, 0.05) is 10.9 Å². The Morgan fingerprint density at radius 2 is 2.00 bits per heavy atom. The topological polar surface area (TPSA) is 70.2 Å². The fraction of sp³-hybridized carbons (Fsp3) is 0.500. The van der Waals surface area contributed by atoms with Gasteiger partial charge in [0.2, 0.25) is 5.91 Å². The largest absolute Gasteiger partial charge is 0.405 e. The molecule has 118 valence electrons. The van der Waals surface area contributed by atoms with Crippen LogP contribution in [0.3, 0.4) is 0 Å². The van der Waals surface area contributed by atoms with Crippen molar-refractivity contribution < 1.29 is 22.8 Å². The number of hydrogen-bond donors (Lipinski definition) is 3. The van der Waals surface area contributed by atoms with E-state index in [1.807, 2.05) is 29.8 Å². The highest BCUT2D eigenvalue weighted by Crippen LogP contribution is 2.18. The Kier molecular flexibility index (Phi) is 6.16. The zero-order valence-corrected chi connectivity index (χ0v) is 12.3. The van der Waals surface area contributed by atoms with Gasteiger partial charge in [0.05, 0.1) is 6.04 Å². The van der Waals surface area contributed by atoms with Crippen molar-refractivity contribution >= 4 is 23.3 Å². The molecule has 21 heavy (non-hydrogen) atoms. The molecule has 0 radical (unpaired) electrons.